The highest BCUT2D eigenvalue weighted by atomic mass is 16.6. The summed E-state index contributed by atoms with van der Waals surface area (Å²) in [5.41, 5.74) is 7.37. The van der Waals surface area contributed by atoms with Gasteiger partial charge in [-0.2, -0.15) is 0 Å². The number of ether oxygens (including phenoxy) is 4. The van der Waals surface area contributed by atoms with Gasteiger partial charge in [-0.25, -0.2) is 4.79 Å². The summed E-state index contributed by atoms with van der Waals surface area (Å²) in [6, 6.07) is 28.9. The van der Waals surface area contributed by atoms with E-state index in [1.54, 1.807) is 36.4 Å². The first-order chi connectivity index (χ1) is 38.8. The molecule has 410 valence electrons. The number of rotatable bonds is 17. The maximum absolute atomic E-state index is 13.9. The molecular formula is C64H56N4O13. The van der Waals surface area contributed by atoms with Gasteiger partial charge in [0.05, 0.1) is 41.8 Å². The Balaban J connectivity index is 0.767. The van der Waals surface area contributed by atoms with Crippen molar-refractivity contribution in [2.45, 2.75) is 51.4 Å². The van der Waals surface area contributed by atoms with Gasteiger partial charge in [-0.1, -0.05) is 45.9 Å². The Morgan fingerprint density at radius 1 is 0.593 bits per heavy atom. The second-order valence-electron chi connectivity index (χ2n) is 20.8. The summed E-state index contributed by atoms with van der Waals surface area (Å²) in [6.07, 6.45) is 15.2. The average molecular weight is 1090 g/mol. The van der Waals surface area contributed by atoms with Crippen molar-refractivity contribution in [1.82, 2.24) is 0 Å². The SMILES string of the molecule is CN1/C(=C\C=C2\C=C([N+](=O)[O-])C=CC2=O)C(C)(C)c2cc(OCCCOC(=O)c3ccccc3-c3c4ccc(=O)cc-4oc4cc(OCCCOc5ccc6c(c5)C(C)(C)/C(=C/C=C5/C=C([N+](=O)[O-])C=CC5=O)N6C)ccc34)ccc21. The monoisotopic (exact) mass is 1090 g/mol. The molecule has 4 aromatic rings. The molecule has 3 aliphatic heterocycles. The second kappa shape index (κ2) is 22.1. The molecule has 0 saturated heterocycles. The average Bonchev–Trinajstić information content (AvgIpc) is 4.05. The molecule has 0 saturated carbocycles. The molecule has 17 heteroatoms. The lowest BCUT2D eigenvalue weighted by molar-refractivity contribution is -0.419. The fourth-order valence-corrected chi connectivity index (χ4v) is 10.7. The number of nitrogens with zero attached hydrogens (tertiary/aromatic N) is 4. The van der Waals surface area contributed by atoms with Crippen molar-refractivity contribution in [3.63, 3.8) is 0 Å². The van der Waals surface area contributed by atoms with Gasteiger partial charge in [-0.3, -0.25) is 34.6 Å². The molecule has 0 radical (unpaired) electrons. The summed E-state index contributed by atoms with van der Waals surface area (Å²) in [7, 11) is 3.87. The molecule has 0 atom stereocenters. The molecule has 0 spiro atoms. The number of hydrogen-bond acceptors (Lipinski definition) is 15. The van der Waals surface area contributed by atoms with Crippen LogP contribution in [0.1, 0.15) is 62.0 Å². The third-order valence-electron chi connectivity index (χ3n) is 15.0. The van der Waals surface area contributed by atoms with Crippen LogP contribution in [0.3, 0.4) is 0 Å². The van der Waals surface area contributed by atoms with Crippen molar-refractivity contribution >= 4 is 39.9 Å². The van der Waals surface area contributed by atoms with Crippen LogP contribution in [0, 0.1) is 20.2 Å². The number of nitro groups is 2. The Morgan fingerprint density at radius 2 is 1.10 bits per heavy atom. The van der Waals surface area contributed by atoms with Crippen LogP contribution in [0.4, 0.5) is 11.4 Å². The maximum Gasteiger partial charge on any atom is 0.338 e. The Kier molecular flexibility index (Phi) is 14.8. The molecular weight excluding hydrogens is 1030 g/mol. The topological polar surface area (TPSA) is 211 Å². The number of fused-ring (bicyclic) bond motifs is 4. The third kappa shape index (κ3) is 10.8. The molecule has 4 aromatic carbocycles. The molecule has 0 unspecified atom stereocenters. The van der Waals surface area contributed by atoms with E-state index in [4.69, 9.17) is 23.4 Å². The van der Waals surface area contributed by atoms with E-state index in [1.807, 2.05) is 96.7 Å². The van der Waals surface area contributed by atoms with E-state index < -0.39 is 26.6 Å². The van der Waals surface area contributed by atoms with E-state index in [0.29, 0.717) is 82.3 Å². The summed E-state index contributed by atoms with van der Waals surface area (Å²) < 4.78 is 30.7. The number of hydrogen-bond donors (Lipinski definition) is 0. The molecule has 3 aliphatic carbocycles. The van der Waals surface area contributed by atoms with Gasteiger partial charge in [0, 0.05) is 125 Å². The van der Waals surface area contributed by atoms with Crippen LogP contribution in [0.25, 0.3) is 33.4 Å². The third-order valence-corrected chi connectivity index (χ3v) is 15.0. The van der Waals surface area contributed by atoms with Crippen LogP contribution in [0.5, 0.6) is 17.2 Å². The zero-order valence-corrected chi connectivity index (χ0v) is 45.3. The van der Waals surface area contributed by atoms with E-state index in [9.17, 15) is 39.4 Å². The minimum absolute atomic E-state index is 0.0751. The molecule has 3 heterocycles. The molecule has 0 fully saturated rings. The van der Waals surface area contributed by atoms with Gasteiger partial charge < -0.3 is 33.2 Å². The summed E-state index contributed by atoms with van der Waals surface area (Å²) >= 11 is 0. The standard InChI is InChI=1S/C64H56N4O13/c1-63(2)51-36-44(19-23-53(51)65(5)59(63)27-13-39-33-41(67(73)74)15-25-55(39)70)77-29-9-30-79-46-18-22-50-58(38-46)81-57-35-43(69)17-21-49(57)61(50)47-11-7-8-12-48(47)62(72)80-32-10-31-78-45-20-24-54-52(37-45)64(3,4)60(66(54)6)28-14-40-34-42(68(75)76)16-26-56(40)71/h7-8,11-28,33-38H,9-10,29-32H2,1-6H3/b39-13-,40-14-,59-27-,60-28-. The van der Waals surface area contributed by atoms with Crippen molar-refractivity contribution in [3.05, 3.63) is 239 Å². The number of ketones is 2. The van der Waals surface area contributed by atoms with Crippen molar-refractivity contribution < 1.29 is 47.6 Å². The predicted molar refractivity (Wildman–Crippen MR) is 307 cm³/mol. The first-order valence-electron chi connectivity index (χ1n) is 26.2. The summed E-state index contributed by atoms with van der Waals surface area (Å²) in [5.74, 6) is 1.03. The number of esters is 1. The maximum atomic E-state index is 13.9. The first kappa shape index (κ1) is 54.5. The molecule has 0 N–H and O–H groups in total. The second-order valence-corrected chi connectivity index (χ2v) is 20.8. The quantitative estimate of drug-likeness (QED) is 0.0208. The van der Waals surface area contributed by atoms with Crippen LogP contribution < -0.4 is 29.4 Å². The van der Waals surface area contributed by atoms with Gasteiger partial charge >= 0.3 is 5.97 Å². The Morgan fingerprint density at radius 3 is 1.64 bits per heavy atom. The first-order valence-corrected chi connectivity index (χ1v) is 26.2. The highest BCUT2D eigenvalue weighted by Gasteiger charge is 2.40. The molecule has 17 nitrogen and oxygen atoms in total. The number of benzene rings is 5. The van der Waals surface area contributed by atoms with Crippen molar-refractivity contribution in [1.29, 1.82) is 0 Å². The number of anilines is 2. The van der Waals surface area contributed by atoms with Crippen molar-refractivity contribution in [3.8, 4) is 39.7 Å². The molecule has 81 heavy (non-hydrogen) atoms. The van der Waals surface area contributed by atoms with Gasteiger partial charge in [-0.15, -0.1) is 0 Å². The van der Waals surface area contributed by atoms with Gasteiger partial charge in [0.1, 0.15) is 28.6 Å². The molecule has 0 amide bonds. The van der Waals surface area contributed by atoms with E-state index in [0.717, 1.165) is 33.9 Å². The van der Waals surface area contributed by atoms with Crippen LogP contribution in [0.2, 0.25) is 0 Å². The highest BCUT2D eigenvalue weighted by molar-refractivity contribution is 6.09. The zero-order valence-electron chi connectivity index (χ0n) is 45.3. The van der Waals surface area contributed by atoms with Crippen LogP contribution >= 0.6 is 0 Å². The number of carbonyl (C=O) groups is 3. The summed E-state index contributed by atoms with van der Waals surface area (Å²) in [6.45, 7) is 9.27. The zero-order chi connectivity index (χ0) is 57.3. The van der Waals surface area contributed by atoms with Gasteiger partial charge in [0.25, 0.3) is 11.4 Å². The minimum atomic E-state index is -0.533. The van der Waals surface area contributed by atoms with Gasteiger partial charge in [0.2, 0.25) is 0 Å². The van der Waals surface area contributed by atoms with E-state index in [1.165, 1.54) is 48.6 Å². The van der Waals surface area contributed by atoms with Crippen LogP contribution in [-0.4, -0.2) is 67.9 Å². The largest absolute Gasteiger partial charge is 0.493 e. The predicted octanol–water partition coefficient (Wildman–Crippen LogP) is 11.7. The van der Waals surface area contributed by atoms with E-state index >= 15 is 0 Å². The Labute approximate surface area is 466 Å². The smallest absolute Gasteiger partial charge is 0.338 e. The lowest BCUT2D eigenvalue weighted by atomic mass is 9.83. The Hall–Kier alpha value is -9.90. The summed E-state index contributed by atoms with van der Waals surface area (Å²) in [5, 5.41) is 23.4. The van der Waals surface area contributed by atoms with Gasteiger partial charge in [-0.05, 0) is 120 Å². The van der Waals surface area contributed by atoms with E-state index in [-0.39, 0.29) is 52.7 Å². The number of carbonyl (C=O) groups excluding carboxylic acids is 3. The van der Waals surface area contributed by atoms with E-state index in [2.05, 4.69) is 27.7 Å². The van der Waals surface area contributed by atoms with Crippen molar-refractivity contribution in [2.24, 2.45) is 0 Å². The lowest BCUT2D eigenvalue weighted by Gasteiger charge is -2.24. The number of allylic oxidation sites excluding steroid dienone is 14. The molecule has 10 rings (SSSR count). The fraction of sp³-hybridized carbons (Fsp3) is 0.219. The van der Waals surface area contributed by atoms with Crippen LogP contribution in [-0.2, 0) is 25.2 Å². The Bertz CT molecular complexity index is 3920. The highest BCUT2D eigenvalue weighted by Crippen LogP contribution is 2.50. The molecule has 0 aromatic heterocycles. The van der Waals surface area contributed by atoms with Crippen LogP contribution in [0.15, 0.2) is 201 Å². The minimum Gasteiger partial charge on any atom is -0.493 e. The lowest BCUT2D eigenvalue weighted by Crippen LogP contribution is -2.22. The molecule has 6 aliphatic rings. The van der Waals surface area contributed by atoms with Crippen molar-refractivity contribution in [2.75, 3.05) is 50.3 Å². The molecule has 0 bridgehead atoms. The normalized spacial score (nSPS) is 18.0. The van der Waals surface area contributed by atoms with Gasteiger partial charge in [0.15, 0.2) is 17.0 Å². The fourth-order valence-electron chi connectivity index (χ4n) is 10.7. The summed E-state index contributed by atoms with van der Waals surface area (Å²) in [4.78, 5) is 77.3. The number of likely N-dealkylation sites (N-methyl/N-ethyl adjacent to an activating group) is 2.